The van der Waals surface area contributed by atoms with Crippen molar-refractivity contribution < 1.29 is 0 Å². The van der Waals surface area contributed by atoms with Gasteiger partial charge in [-0.05, 0) is 37.8 Å². The van der Waals surface area contributed by atoms with Gasteiger partial charge < -0.3 is 4.90 Å². The Bertz CT molecular complexity index is 451. The van der Waals surface area contributed by atoms with Crippen molar-refractivity contribution in [3.05, 3.63) is 48.0 Å². The summed E-state index contributed by atoms with van der Waals surface area (Å²) < 4.78 is 0. The second kappa shape index (κ2) is 4.79. The number of hydrogen-bond acceptors (Lipinski definition) is 1. The van der Waals surface area contributed by atoms with E-state index in [9.17, 15) is 0 Å². The molecule has 0 bridgehead atoms. The average Bonchev–Trinajstić information content (AvgIpc) is 2.81. The second-order valence-corrected chi connectivity index (χ2v) is 4.95. The van der Waals surface area contributed by atoms with Gasteiger partial charge in [0.2, 0.25) is 0 Å². The summed E-state index contributed by atoms with van der Waals surface area (Å²) >= 11 is 0. The van der Waals surface area contributed by atoms with Gasteiger partial charge in [-0.25, -0.2) is 0 Å². The first kappa shape index (κ1) is 12.0. The van der Waals surface area contributed by atoms with E-state index < -0.39 is 0 Å². The third kappa shape index (κ3) is 2.44. The van der Waals surface area contributed by atoms with E-state index in [0.29, 0.717) is 0 Å². The van der Waals surface area contributed by atoms with Gasteiger partial charge in [0.05, 0.1) is 0 Å². The number of rotatable bonds is 3. The van der Waals surface area contributed by atoms with Crippen LogP contribution in [-0.4, -0.2) is 18.0 Å². The van der Waals surface area contributed by atoms with Crippen LogP contribution >= 0.6 is 0 Å². The molecule has 17 heavy (non-hydrogen) atoms. The van der Waals surface area contributed by atoms with E-state index in [1.54, 1.807) is 0 Å². The molecule has 1 aliphatic rings. The van der Waals surface area contributed by atoms with Crippen LogP contribution in [0.4, 0.5) is 0 Å². The Hall–Kier alpha value is -1.50. The smallest absolute Gasteiger partial charge is 0.0369 e. The zero-order chi connectivity index (χ0) is 12.4. The molecule has 0 amide bonds. The van der Waals surface area contributed by atoms with Crippen LogP contribution in [0.5, 0.6) is 0 Å². The van der Waals surface area contributed by atoms with Crippen LogP contribution < -0.4 is 0 Å². The van der Waals surface area contributed by atoms with Crippen LogP contribution in [-0.2, 0) is 0 Å². The van der Waals surface area contributed by atoms with Crippen molar-refractivity contribution in [3.63, 3.8) is 0 Å². The van der Waals surface area contributed by atoms with Crippen LogP contribution in [0.3, 0.4) is 0 Å². The fourth-order valence-corrected chi connectivity index (χ4v) is 2.41. The number of allylic oxidation sites excluding steroid dienone is 1. The fourth-order valence-electron chi connectivity index (χ4n) is 2.41. The normalized spacial score (nSPS) is 15.1. The van der Waals surface area contributed by atoms with Crippen LogP contribution in [0, 0.1) is 6.92 Å². The molecule has 1 aromatic rings. The lowest BCUT2D eigenvalue weighted by Gasteiger charge is -2.22. The predicted molar refractivity (Wildman–Crippen MR) is 75.7 cm³/mol. The van der Waals surface area contributed by atoms with E-state index in [2.05, 4.69) is 43.2 Å². The van der Waals surface area contributed by atoms with Gasteiger partial charge in [-0.15, -0.1) is 0 Å². The molecule has 0 N–H and O–H groups in total. The Labute approximate surface area is 104 Å². The van der Waals surface area contributed by atoms with E-state index in [1.807, 2.05) is 6.92 Å². The Morgan fingerprint density at radius 3 is 2.35 bits per heavy atom. The van der Waals surface area contributed by atoms with E-state index in [4.69, 9.17) is 0 Å². The standard InChI is InChI=1S/C16H21N/c1-12(2)15-7-8-16(13(3)11-15)14(4)17-9-5-6-10-17/h7-8,11H,1,4-6,9-10H2,2-3H3. The minimum absolute atomic E-state index is 1.12. The zero-order valence-corrected chi connectivity index (χ0v) is 10.9. The highest BCUT2D eigenvalue weighted by molar-refractivity contribution is 5.69. The highest BCUT2D eigenvalue weighted by atomic mass is 15.1. The van der Waals surface area contributed by atoms with Gasteiger partial charge in [0.1, 0.15) is 0 Å². The highest BCUT2D eigenvalue weighted by Gasteiger charge is 2.15. The quantitative estimate of drug-likeness (QED) is 0.751. The summed E-state index contributed by atoms with van der Waals surface area (Å²) in [7, 11) is 0. The molecule has 1 heteroatoms. The molecule has 0 atom stereocenters. The lowest BCUT2D eigenvalue weighted by atomic mass is 9.99. The molecule has 0 aromatic heterocycles. The third-order valence-corrected chi connectivity index (χ3v) is 3.52. The molecule has 0 aliphatic carbocycles. The summed E-state index contributed by atoms with van der Waals surface area (Å²) in [4.78, 5) is 2.39. The van der Waals surface area contributed by atoms with Crippen LogP contribution in [0.1, 0.15) is 36.5 Å². The summed E-state index contributed by atoms with van der Waals surface area (Å²) in [5, 5.41) is 0. The summed E-state index contributed by atoms with van der Waals surface area (Å²) in [6, 6.07) is 6.53. The van der Waals surface area contributed by atoms with Crippen molar-refractivity contribution in [2.24, 2.45) is 0 Å². The number of hydrogen-bond donors (Lipinski definition) is 0. The summed E-state index contributed by atoms with van der Waals surface area (Å²) in [5.74, 6) is 0. The van der Waals surface area contributed by atoms with E-state index in [0.717, 1.165) is 18.7 Å². The highest BCUT2D eigenvalue weighted by Crippen LogP contribution is 2.26. The van der Waals surface area contributed by atoms with Crippen molar-refractivity contribution in [3.8, 4) is 0 Å². The first-order valence-electron chi connectivity index (χ1n) is 6.30. The molecule has 0 saturated carbocycles. The topological polar surface area (TPSA) is 3.24 Å². The summed E-state index contributed by atoms with van der Waals surface area (Å²) in [5.41, 5.74) is 6.08. The zero-order valence-electron chi connectivity index (χ0n) is 10.9. The molecule has 1 aliphatic heterocycles. The van der Waals surface area contributed by atoms with Crippen molar-refractivity contribution in [2.45, 2.75) is 26.7 Å². The molecule has 1 heterocycles. The molecule has 0 spiro atoms. The monoisotopic (exact) mass is 227 g/mol. The van der Waals surface area contributed by atoms with Gasteiger partial charge in [0.15, 0.2) is 0 Å². The van der Waals surface area contributed by atoms with E-state index in [-0.39, 0.29) is 0 Å². The second-order valence-electron chi connectivity index (χ2n) is 4.95. The van der Waals surface area contributed by atoms with Crippen LogP contribution in [0.15, 0.2) is 31.4 Å². The molecule has 90 valence electrons. The first-order valence-corrected chi connectivity index (χ1v) is 6.30. The maximum atomic E-state index is 4.25. The van der Waals surface area contributed by atoms with Crippen molar-refractivity contribution in [2.75, 3.05) is 13.1 Å². The molecule has 1 saturated heterocycles. The van der Waals surface area contributed by atoms with Crippen LogP contribution in [0.2, 0.25) is 0 Å². The van der Waals surface area contributed by atoms with Gasteiger partial charge in [-0.3, -0.25) is 0 Å². The molecule has 0 unspecified atom stereocenters. The summed E-state index contributed by atoms with van der Waals surface area (Å²) in [6.45, 7) is 14.7. The Morgan fingerprint density at radius 2 is 1.82 bits per heavy atom. The molecule has 1 nitrogen and oxygen atoms in total. The maximum absolute atomic E-state index is 4.25. The van der Waals surface area contributed by atoms with Gasteiger partial charge in [0, 0.05) is 24.4 Å². The minimum Gasteiger partial charge on any atom is -0.372 e. The molecule has 1 aromatic carbocycles. The Morgan fingerprint density at radius 1 is 1.18 bits per heavy atom. The lowest BCUT2D eigenvalue weighted by molar-refractivity contribution is 0.494. The molecule has 0 radical (unpaired) electrons. The van der Waals surface area contributed by atoms with Gasteiger partial charge >= 0.3 is 0 Å². The third-order valence-electron chi connectivity index (χ3n) is 3.52. The number of nitrogens with zero attached hydrogens (tertiary/aromatic N) is 1. The number of aryl methyl sites for hydroxylation is 1. The van der Waals surface area contributed by atoms with Crippen molar-refractivity contribution in [1.29, 1.82) is 0 Å². The summed E-state index contributed by atoms with van der Waals surface area (Å²) in [6.07, 6.45) is 2.59. The maximum Gasteiger partial charge on any atom is 0.0369 e. The number of benzene rings is 1. The SMILES string of the molecule is C=C(C)c1ccc(C(=C)N2CCCC2)c(C)c1. The predicted octanol–water partition coefficient (Wildman–Crippen LogP) is 4.09. The minimum atomic E-state index is 1.12. The molecular weight excluding hydrogens is 206 g/mol. The van der Waals surface area contributed by atoms with Gasteiger partial charge in [0.25, 0.3) is 0 Å². The Balaban J connectivity index is 2.26. The van der Waals surface area contributed by atoms with Crippen LogP contribution in [0.25, 0.3) is 11.3 Å². The van der Waals surface area contributed by atoms with Gasteiger partial charge in [-0.2, -0.15) is 0 Å². The largest absolute Gasteiger partial charge is 0.372 e. The number of likely N-dealkylation sites (tertiary alicyclic amines) is 1. The van der Waals surface area contributed by atoms with E-state index in [1.165, 1.54) is 35.2 Å². The average molecular weight is 227 g/mol. The molecule has 2 rings (SSSR count). The van der Waals surface area contributed by atoms with Gasteiger partial charge in [-0.1, -0.05) is 36.9 Å². The Kier molecular flexibility index (Phi) is 3.37. The van der Waals surface area contributed by atoms with Crippen molar-refractivity contribution in [1.82, 2.24) is 4.90 Å². The first-order chi connectivity index (χ1) is 8.09. The molecule has 1 fully saturated rings. The van der Waals surface area contributed by atoms with Crippen molar-refractivity contribution >= 4 is 11.3 Å². The lowest BCUT2D eigenvalue weighted by Crippen LogP contribution is -2.17. The van der Waals surface area contributed by atoms with E-state index >= 15 is 0 Å². The fraction of sp³-hybridized carbons (Fsp3) is 0.375. The molecular formula is C16H21N.